The van der Waals surface area contributed by atoms with Gasteiger partial charge in [0.25, 0.3) is 5.91 Å². The van der Waals surface area contributed by atoms with Crippen LogP contribution in [0.3, 0.4) is 0 Å². The summed E-state index contributed by atoms with van der Waals surface area (Å²) < 4.78 is 2.99. The smallest absolute Gasteiger partial charge is 0.264 e. The molecule has 0 unspecified atom stereocenters. The van der Waals surface area contributed by atoms with E-state index in [1.54, 1.807) is 6.07 Å². The van der Waals surface area contributed by atoms with Gasteiger partial charge in [0.2, 0.25) is 0 Å². The van der Waals surface area contributed by atoms with Gasteiger partial charge in [-0.15, -0.1) is 0 Å². The highest BCUT2D eigenvalue weighted by Gasteiger charge is 2.24. The molecule has 0 aliphatic carbocycles. The number of para-hydroxylation sites is 1. The molecule has 2 aromatic carbocycles. The largest absolute Gasteiger partial charge is 0.318 e. The minimum Gasteiger partial charge on any atom is -0.318 e. The monoisotopic (exact) mass is 485 g/mol. The van der Waals surface area contributed by atoms with Crippen LogP contribution in [-0.2, 0) is 4.79 Å². The lowest BCUT2D eigenvalue weighted by Gasteiger charge is -2.09. The van der Waals surface area contributed by atoms with E-state index in [2.05, 4.69) is 62.9 Å². The first-order valence-corrected chi connectivity index (χ1v) is 10.9. The van der Waals surface area contributed by atoms with Crippen LogP contribution >= 0.6 is 39.3 Å². The lowest BCUT2D eigenvalue weighted by atomic mass is 10.2. The van der Waals surface area contributed by atoms with Crippen LogP contribution in [0.4, 0.5) is 5.69 Å². The van der Waals surface area contributed by atoms with Crippen molar-refractivity contribution in [1.29, 1.82) is 0 Å². The summed E-state index contributed by atoms with van der Waals surface area (Å²) in [5.74, 6) is -0.151. The average Bonchev–Trinajstić information content (AvgIpc) is 3.17. The Morgan fingerprint density at radius 1 is 1.14 bits per heavy atom. The first-order chi connectivity index (χ1) is 13.9. The third-order valence-corrected chi connectivity index (χ3v) is 6.70. The zero-order chi connectivity index (χ0) is 20.5. The van der Waals surface area contributed by atoms with Crippen LogP contribution in [0.5, 0.6) is 0 Å². The number of amides is 1. The number of amidine groups is 1. The van der Waals surface area contributed by atoms with E-state index in [1.165, 1.54) is 11.8 Å². The molecule has 1 fully saturated rings. The Morgan fingerprint density at radius 3 is 2.62 bits per heavy atom. The molecule has 146 valence electrons. The maximum atomic E-state index is 12.5. The fourth-order valence-electron chi connectivity index (χ4n) is 3.20. The zero-order valence-electron chi connectivity index (χ0n) is 15.7. The van der Waals surface area contributed by atoms with E-state index in [0.717, 1.165) is 27.1 Å². The third kappa shape index (κ3) is 4.20. The maximum Gasteiger partial charge on any atom is 0.264 e. The molecule has 1 aliphatic rings. The van der Waals surface area contributed by atoms with Gasteiger partial charge in [-0.05, 0) is 89.6 Å². The summed E-state index contributed by atoms with van der Waals surface area (Å²) in [6.07, 6.45) is 1.92. The van der Waals surface area contributed by atoms with Gasteiger partial charge >= 0.3 is 0 Å². The van der Waals surface area contributed by atoms with Crippen molar-refractivity contribution in [2.75, 3.05) is 0 Å². The van der Waals surface area contributed by atoms with Crippen molar-refractivity contribution in [1.82, 2.24) is 9.88 Å². The van der Waals surface area contributed by atoms with Crippen LogP contribution in [0.1, 0.15) is 17.0 Å². The summed E-state index contributed by atoms with van der Waals surface area (Å²) >= 11 is 10.8. The number of carbonyl (C=O) groups excluding carboxylic acids is 1. The lowest BCUT2D eigenvalue weighted by molar-refractivity contribution is -0.115. The number of halogens is 2. The highest BCUT2D eigenvalue weighted by Crippen LogP contribution is 2.32. The van der Waals surface area contributed by atoms with Gasteiger partial charge in [0.15, 0.2) is 5.17 Å². The fraction of sp³-hybridized carbons (Fsp3) is 0.0909. The predicted octanol–water partition coefficient (Wildman–Crippen LogP) is 6.40. The van der Waals surface area contributed by atoms with Crippen molar-refractivity contribution < 1.29 is 4.79 Å². The lowest BCUT2D eigenvalue weighted by Crippen LogP contribution is -2.19. The van der Waals surface area contributed by atoms with Gasteiger partial charge in [0.05, 0.1) is 15.6 Å². The van der Waals surface area contributed by atoms with Gasteiger partial charge in [0, 0.05) is 21.5 Å². The number of carbonyl (C=O) groups is 1. The molecular formula is C22H17BrClN3OS. The van der Waals surface area contributed by atoms with Gasteiger partial charge in [-0.2, -0.15) is 0 Å². The first kappa shape index (κ1) is 20.0. The molecule has 2 heterocycles. The summed E-state index contributed by atoms with van der Waals surface area (Å²) in [4.78, 5) is 17.6. The number of benzene rings is 2. The molecule has 4 nitrogen and oxygen atoms in total. The van der Waals surface area contributed by atoms with Crippen LogP contribution in [0, 0.1) is 13.8 Å². The standard InChI is InChI=1S/C22H17BrClN3OS/c1-13-10-15(14(2)27(13)17-6-4-3-5-7-17)11-20-21(28)26-22(29-20)25-16-8-9-18(23)19(24)12-16/h3-12H,1-2H3,(H,25,26,28)/b20-11-. The van der Waals surface area contributed by atoms with Gasteiger partial charge < -0.3 is 9.88 Å². The SMILES string of the molecule is Cc1cc(/C=C2\SC(=Nc3ccc(Br)c(Cl)c3)NC2=O)c(C)n1-c1ccccc1. The molecule has 0 bridgehead atoms. The molecule has 1 saturated heterocycles. The Hall–Kier alpha value is -2.28. The molecule has 29 heavy (non-hydrogen) atoms. The fourth-order valence-corrected chi connectivity index (χ4v) is 4.46. The summed E-state index contributed by atoms with van der Waals surface area (Å²) in [6.45, 7) is 4.12. The molecule has 1 aromatic heterocycles. The summed E-state index contributed by atoms with van der Waals surface area (Å²) in [7, 11) is 0. The number of aryl methyl sites for hydroxylation is 1. The summed E-state index contributed by atoms with van der Waals surface area (Å²) in [5.41, 5.74) is 4.99. The van der Waals surface area contributed by atoms with Crippen molar-refractivity contribution in [3.05, 3.63) is 85.9 Å². The Labute approximate surface area is 186 Å². The van der Waals surface area contributed by atoms with Crippen molar-refractivity contribution in [2.24, 2.45) is 4.99 Å². The van der Waals surface area contributed by atoms with Gasteiger partial charge in [-0.1, -0.05) is 29.8 Å². The molecular weight excluding hydrogens is 470 g/mol. The summed E-state index contributed by atoms with van der Waals surface area (Å²) in [5, 5.41) is 3.94. The number of hydrogen-bond donors (Lipinski definition) is 1. The average molecular weight is 487 g/mol. The van der Waals surface area contributed by atoms with Crippen molar-refractivity contribution >= 4 is 62.1 Å². The van der Waals surface area contributed by atoms with Crippen molar-refractivity contribution in [3.8, 4) is 5.69 Å². The normalized spacial score (nSPS) is 16.6. The van der Waals surface area contributed by atoms with Crippen LogP contribution in [-0.4, -0.2) is 15.6 Å². The van der Waals surface area contributed by atoms with E-state index < -0.39 is 0 Å². The van der Waals surface area contributed by atoms with Gasteiger partial charge in [-0.25, -0.2) is 4.99 Å². The van der Waals surface area contributed by atoms with E-state index in [1.807, 2.05) is 36.4 Å². The second kappa shape index (κ2) is 8.22. The summed E-state index contributed by atoms with van der Waals surface area (Å²) in [6, 6.07) is 17.7. The molecule has 3 aromatic rings. The third-order valence-electron chi connectivity index (χ3n) is 4.56. The number of hydrogen-bond acceptors (Lipinski definition) is 3. The highest BCUT2D eigenvalue weighted by molar-refractivity contribution is 9.10. The Bertz CT molecular complexity index is 1170. The predicted molar refractivity (Wildman–Crippen MR) is 125 cm³/mol. The van der Waals surface area contributed by atoms with Gasteiger partial charge in [-0.3, -0.25) is 4.79 Å². The Morgan fingerprint density at radius 2 is 1.90 bits per heavy atom. The molecule has 0 spiro atoms. The number of aliphatic imine (C=N–C) groups is 1. The van der Waals surface area contributed by atoms with E-state index in [9.17, 15) is 4.79 Å². The van der Waals surface area contributed by atoms with Crippen molar-refractivity contribution in [2.45, 2.75) is 13.8 Å². The number of nitrogens with zero attached hydrogens (tertiary/aromatic N) is 2. The number of nitrogens with one attached hydrogen (secondary N) is 1. The Kier molecular flexibility index (Phi) is 5.67. The van der Waals surface area contributed by atoms with E-state index >= 15 is 0 Å². The topological polar surface area (TPSA) is 46.4 Å². The van der Waals surface area contributed by atoms with Crippen LogP contribution in [0.25, 0.3) is 11.8 Å². The molecule has 4 rings (SSSR count). The molecule has 0 radical (unpaired) electrons. The number of aromatic nitrogens is 1. The molecule has 1 amide bonds. The minimum atomic E-state index is -0.151. The molecule has 1 N–H and O–H groups in total. The molecule has 7 heteroatoms. The second-order valence-electron chi connectivity index (χ2n) is 6.58. The van der Waals surface area contributed by atoms with E-state index in [0.29, 0.717) is 20.8 Å². The van der Waals surface area contributed by atoms with E-state index in [-0.39, 0.29) is 5.91 Å². The van der Waals surface area contributed by atoms with Crippen LogP contribution < -0.4 is 5.32 Å². The second-order valence-corrected chi connectivity index (χ2v) is 8.87. The van der Waals surface area contributed by atoms with Crippen LogP contribution in [0.15, 0.2) is 69.0 Å². The zero-order valence-corrected chi connectivity index (χ0v) is 18.9. The van der Waals surface area contributed by atoms with E-state index in [4.69, 9.17) is 11.6 Å². The van der Waals surface area contributed by atoms with Crippen molar-refractivity contribution in [3.63, 3.8) is 0 Å². The first-order valence-electron chi connectivity index (χ1n) is 8.91. The maximum absolute atomic E-state index is 12.5. The highest BCUT2D eigenvalue weighted by atomic mass is 79.9. The molecule has 0 atom stereocenters. The number of rotatable bonds is 3. The van der Waals surface area contributed by atoms with Crippen LogP contribution in [0.2, 0.25) is 5.02 Å². The van der Waals surface area contributed by atoms with Gasteiger partial charge in [0.1, 0.15) is 0 Å². The number of thioether (sulfide) groups is 1. The minimum absolute atomic E-state index is 0.151. The Balaban J connectivity index is 1.63. The quantitative estimate of drug-likeness (QED) is 0.435. The molecule has 0 saturated carbocycles. The molecule has 1 aliphatic heterocycles.